The lowest BCUT2D eigenvalue weighted by atomic mass is 10.4. The molecule has 1 saturated heterocycles. The Hall–Kier alpha value is -2.41. The highest BCUT2D eigenvalue weighted by atomic mass is 35.5. The normalized spacial score (nSPS) is 15.2. The molecular formula is C16H18ClN7. The number of pyridine rings is 1. The molecule has 8 heteroatoms. The van der Waals surface area contributed by atoms with Gasteiger partial charge in [-0.3, -0.25) is 0 Å². The van der Waals surface area contributed by atoms with E-state index in [4.69, 9.17) is 11.6 Å². The molecule has 124 valence electrons. The van der Waals surface area contributed by atoms with Gasteiger partial charge in [0.2, 0.25) is 5.95 Å². The molecule has 0 aromatic carbocycles. The zero-order valence-electron chi connectivity index (χ0n) is 13.6. The zero-order valence-corrected chi connectivity index (χ0v) is 14.4. The average molecular weight is 344 g/mol. The van der Waals surface area contributed by atoms with E-state index in [2.05, 4.69) is 25.1 Å². The van der Waals surface area contributed by atoms with Crippen LogP contribution >= 0.6 is 11.6 Å². The molecule has 7 nitrogen and oxygen atoms in total. The quantitative estimate of drug-likeness (QED) is 0.731. The predicted molar refractivity (Wildman–Crippen MR) is 94.1 cm³/mol. The molecule has 0 radical (unpaired) electrons. The zero-order chi connectivity index (χ0) is 16.7. The Labute approximate surface area is 144 Å². The number of aryl methyl sites for hydroxylation is 2. The first-order valence-corrected chi connectivity index (χ1v) is 8.35. The number of fused-ring (bicyclic) bond motifs is 1. The van der Waals surface area contributed by atoms with E-state index in [1.54, 1.807) is 9.20 Å². The van der Waals surface area contributed by atoms with Gasteiger partial charge < -0.3 is 4.90 Å². The molecule has 0 spiro atoms. The number of hydrogen-bond acceptors (Lipinski definition) is 5. The Balaban J connectivity index is 1.62. The van der Waals surface area contributed by atoms with E-state index in [1.165, 1.54) is 12.8 Å². The first kappa shape index (κ1) is 15.1. The lowest BCUT2D eigenvalue weighted by molar-refractivity contribution is 0.747. The molecule has 0 unspecified atom stereocenters. The summed E-state index contributed by atoms with van der Waals surface area (Å²) in [7, 11) is 1.90. The van der Waals surface area contributed by atoms with Crippen LogP contribution in [0.2, 0.25) is 5.02 Å². The topological polar surface area (TPSA) is 64.1 Å². The smallest absolute Gasteiger partial charge is 0.245 e. The molecule has 0 saturated carbocycles. The second kappa shape index (κ2) is 5.90. The third-order valence-electron chi connectivity index (χ3n) is 4.25. The summed E-state index contributed by atoms with van der Waals surface area (Å²) in [5, 5.41) is 9.63. The van der Waals surface area contributed by atoms with Gasteiger partial charge in [-0.05, 0) is 44.1 Å². The Bertz CT molecular complexity index is 918. The van der Waals surface area contributed by atoms with Crippen LogP contribution in [0, 0.1) is 6.92 Å². The summed E-state index contributed by atoms with van der Waals surface area (Å²) in [4.78, 5) is 11.3. The van der Waals surface area contributed by atoms with Crippen molar-refractivity contribution < 1.29 is 0 Å². The summed E-state index contributed by atoms with van der Waals surface area (Å²) >= 11 is 6.12. The van der Waals surface area contributed by atoms with Gasteiger partial charge in [0.25, 0.3) is 0 Å². The van der Waals surface area contributed by atoms with E-state index < -0.39 is 0 Å². The van der Waals surface area contributed by atoms with Crippen molar-refractivity contribution in [3.63, 3.8) is 0 Å². The van der Waals surface area contributed by atoms with Gasteiger partial charge in [-0.1, -0.05) is 11.6 Å². The van der Waals surface area contributed by atoms with Crippen molar-refractivity contribution >= 4 is 35.3 Å². The molecule has 4 heterocycles. The van der Waals surface area contributed by atoms with Crippen LogP contribution in [-0.4, -0.2) is 42.5 Å². The molecule has 3 aromatic rings. The molecule has 4 rings (SSSR count). The summed E-state index contributed by atoms with van der Waals surface area (Å²) in [6, 6.07) is 3.69. The molecule has 0 atom stereocenters. The number of anilines is 1. The molecule has 24 heavy (non-hydrogen) atoms. The molecule has 0 bridgehead atoms. The van der Waals surface area contributed by atoms with Gasteiger partial charge in [-0.25, -0.2) is 14.2 Å². The molecule has 1 aliphatic heterocycles. The van der Waals surface area contributed by atoms with E-state index in [0.717, 1.165) is 36.2 Å². The van der Waals surface area contributed by atoms with Crippen molar-refractivity contribution in [1.82, 2.24) is 29.4 Å². The summed E-state index contributed by atoms with van der Waals surface area (Å²) in [5.41, 5.74) is 1.64. The molecule has 1 fully saturated rings. The van der Waals surface area contributed by atoms with Crippen LogP contribution in [-0.2, 0) is 7.05 Å². The van der Waals surface area contributed by atoms with Crippen molar-refractivity contribution in [3.05, 3.63) is 34.5 Å². The van der Waals surface area contributed by atoms with Crippen molar-refractivity contribution in [1.29, 1.82) is 0 Å². The fourth-order valence-electron chi connectivity index (χ4n) is 2.86. The van der Waals surface area contributed by atoms with Crippen molar-refractivity contribution in [2.24, 2.45) is 7.05 Å². The summed E-state index contributed by atoms with van der Waals surface area (Å²) in [6.45, 7) is 3.98. The van der Waals surface area contributed by atoms with Crippen LogP contribution in [0.3, 0.4) is 0 Å². The van der Waals surface area contributed by atoms with Gasteiger partial charge >= 0.3 is 0 Å². The first-order chi connectivity index (χ1) is 11.6. The van der Waals surface area contributed by atoms with Crippen LogP contribution < -0.4 is 4.90 Å². The summed E-state index contributed by atoms with van der Waals surface area (Å²) in [6.07, 6.45) is 6.14. The largest absolute Gasteiger partial charge is 0.340 e. The average Bonchev–Trinajstić information content (AvgIpc) is 3.28. The maximum Gasteiger partial charge on any atom is 0.245 e. The van der Waals surface area contributed by atoms with Gasteiger partial charge in [0.05, 0.1) is 10.7 Å². The van der Waals surface area contributed by atoms with Crippen molar-refractivity contribution in [3.8, 4) is 0 Å². The van der Waals surface area contributed by atoms with E-state index >= 15 is 0 Å². The Morgan fingerprint density at radius 2 is 1.88 bits per heavy atom. The van der Waals surface area contributed by atoms with E-state index in [-0.39, 0.29) is 0 Å². The Morgan fingerprint density at radius 3 is 2.67 bits per heavy atom. The fourth-order valence-corrected chi connectivity index (χ4v) is 3.01. The van der Waals surface area contributed by atoms with E-state index in [9.17, 15) is 0 Å². The lowest BCUT2D eigenvalue weighted by Crippen LogP contribution is -2.19. The van der Waals surface area contributed by atoms with E-state index in [0.29, 0.717) is 10.8 Å². The first-order valence-electron chi connectivity index (χ1n) is 7.98. The van der Waals surface area contributed by atoms with Crippen LogP contribution in [0.1, 0.15) is 30.2 Å². The maximum atomic E-state index is 6.12. The second-order valence-corrected chi connectivity index (χ2v) is 6.33. The third-order valence-corrected chi connectivity index (χ3v) is 4.65. The van der Waals surface area contributed by atoms with Crippen LogP contribution in [0.4, 0.5) is 5.95 Å². The Kier molecular flexibility index (Phi) is 3.72. The van der Waals surface area contributed by atoms with E-state index in [1.807, 2.05) is 38.3 Å². The van der Waals surface area contributed by atoms with Crippen LogP contribution in [0.5, 0.6) is 0 Å². The van der Waals surface area contributed by atoms with Crippen molar-refractivity contribution in [2.45, 2.75) is 19.8 Å². The molecule has 0 amide bonds. The number of aromatic nitrogens is 6. The van der Waals surface area contributed by atoms with Crippen LogP contribution in [0.15, 0.2) is 12.1 Å². The number of halogens is 1. The molecule has 0 N–H and O–H groups in total. The standard InChI is InChI=1S/C16H18ClN7/c1-11-12(17)5-7-15-18-13(20-24(11)15)6-8-14-19-16(21-22(14)2)23-9-3-4-10-23/h5-8H,3-4,9-10H2,1-2H3. The minimum absolute atomic E-state index is 0.617. The number of hydrogen-bond donors (Lipinski definition) is 0. The van der Waals surface area contributed by atoms with Gasteiger partial charge in [0.1, 0.15) is 0 Å². The highest BCUT2D eigenvalue weighted by Crippen LogP contribution is 2.18. The molecule has 1 aliphatic rings. The predicted octanol–water partition coefficient (Wildman–Crippen LogP) is 2.59. The summed E-state index contributed by atoms with van der Waals surface area (Å²) in [5.74, 6) is 2.19. The molecule has 0 aliphatic carbocycles. The molecule has 3 aromatic heterocycles. The Morgan fingerprint density at radius 1 is 1.08 bits per heavy atom. The fraction of sp³-hybridized carbons (Fsp3) is 0.375. The van der Waals surface area contributed by atoms with Gasteiger partial charge in [-0.2, -0.15) is 4.98 Å². The minimum atomic E-state index is 0.617. The summed E-state index contributed by atoms with van der Waals surface area (Å²) < 4.78 is 3.52. The third kappa shape index (κ3) is 2.65. The number of rotatable bonds is 3. The SMILES string of the molecule is Cc1c(Cl)ccc2nc(C=Cc3nc(N4CCCC4)nn3C)nn12. The second-order valence-electron chi connectivity index (χ2n) is 5.93. The maximum absolute atomic E-state index is 6.12. The lowest BCUT2D eigenvalue weighted by Gasteiger charge is -2.10. The minimum Gasteiger partial charge on any atom is -0.340 e. The highest BCUT2D eigenvalue weighted by Gasteiger charge is 2.17. The monoisotopic (exact) mass is 343 g/mol. The number of nitrogens with zero attached hydrogens (tertiary/aromatic N) is 7. The van der Waals surface area contributed by atoms with Gasteiger partial charge in [0.15, 0.2) is 17.3 Å². The van der Waals surface area contributed by atoms with Crippen LogP contribution in [0.25, 0.3) is 17.8 Å². The van der Waals surface area contributed by atoms with Gasteiger partial charge in [0, 0.05) is 20.1 Å². The van der Waals surface area contributed by atoms with Crippen molar-refractivity contribution in [2.75, 3.05) is 18.0 Å². The molecular weight excluding hydrogens is 326 g/mol. The highest BCUT2D eigenvalue weighted by molar-refractivity contribution is 6.31. The van der Waals surface area contributed by atoms with Gasteiger partial charge in [-0.15, -0.1) is 10.2 Å².